The molecule has 0 spiro atoms. The Balaban J connectivity index is 2.16. The average Bonchev–Trinajstić information content (AvgIpc) is 2.91. The normalized spacial score (nSPS) is 18.6. The van der Waals surface area contributed by atoms with Crippen LogP contribution >= 0.6 is 11.8 Å². The summed E-state index contributed by atoms with van der Waals surface area (Å²) >= 11 is 1.53. The van der Waals surface area contributed by atoms with Crippen molar-refractivity contribution in [3.05, 3.63) is 0 Å². The van der Waals surface area contributed by atoms with Gasteiger partial charge in [0.05, 0.1) is 11.9 Å². The largest absolute Gasteiger partial charge is 0.465 e. The van der Waals surface area contributed by atoms with Crippen molar-refractivity contribution in [1.29, 1.82) is 0 Å². The summed E-state index contributed by atoms with van der Waals surface area (Å²) in [7, 11) is 0. The van der Waals surface area contributed by atoms with Crippen molar-refractivity contribution in [2.24, 2.45) is 5.73 Å². The van der Waals surface area contributed by atoms with Crippen LogP contribution in [-0.4, -0.2) is 41.6 Å². The van der Waals surface area contributed by atoms with Gasteiger partial charge in [-0.1, -0.05) is 12.8 Å². The van der Waals surface area contributed by atoms with Crippen molar-refractivity contribution < 1.29 is 14.3 Å². The lowest BCUT2D eigenvalue weighted by Gasteiger charge is -2.17. The van der Waals surface area contributed by atoms with Crippen molar-refractivity contribution in [2.75, 3.05) is 12.4 Å². The molecule has 0 aromatic heterocycles. The number of amides is 1. The fourth-order valence-electron chi connectivity index (χ4n) is 2.20. The second-order valence-electron chi connectivity index (χ2n) is 5.15. The lowest BCUT2D eigenvalue weighted by atomic mass is 10.2. The first-order chi connectivity index (χ1) is 9.54. The molecule has 6 heteroatoms. The van der Waals surface area contributed by atoms with Gasteiger partial charge in [-0.05, 0) is 38.9 Å². The fraction of sp³-hybridized carbons (Fsp3) is 0.857. The number of nitrogens with one attached hydrogen (secondary N) is 1. The molecule has 1 fully saturated rings. The minimum Gasteiger partial charge on any atom is -0.465 e. The maximum Gasteiger partial charge on any atom is 0.322 e. The number of hydrogen-bond acceptors (Lipinski definition) is 5. The third-order valence-electron chi connectivity index (χ3n) is 3.46. The lowest BCUT2D eigenvalue weighted by molar-refractivity contribution is -0.144. The fourth-order valence-corrected chi connectivity index (χ4v) is 3.17. The Morgan fingerprint density at radius 3 is 2.65 bits per heavy atom. The molecule has 1 saturated carbocycles. The summed E-state index contributed by atoms with van der Waals surface area (Å²) in [5.41, 5.74) is 5.71. The van der Waals surface area contributed by atoms with Crippen LogP contribution < -0.4 is 11.1 Å². The Morgan fingerprint density at radius 1 is 1.40 bits per heavy atom. The lowest BCUT2D eigenvalue weighted by Crippen LogP contribution is -2.38. The highest BCUT2D eigenvalue weighted by Crippen LogP contribution is 2.19. The maximum absolute atomic E-state index is 12.0. The summed E-state index contributed by atoms with van der Waals surface area (Å²) in [4.78, 5) is 23.3. The number of ether oxygens (including phenoxy) is 1. The van der Waals surface area contributed by atoms with Crippen molar-refractivity contribution in [2.45, 2.75) is 63.3 Å². The molecule has 0 heterocycles. The van der Waals surface area contributed by atoms with E-state index in [0.717, 1.165) is 12.8 Å². The summed E-state index contributed by atoms with van der Waals surface area (Å²) in [6.07, 6.45) is 5.14. The Bertz CT molecular complexity index is 320. The molecule has 2 unspecified atom stereocenters. The minimum atomic E-state index is -0.590. The molecule has 1 aliphatic rings. The van der Waals surface area contributed by atoms with Crippen LogP contribution in [0, 0.1) is 0 Å². The van der Waals surface area contributed by atoms with E-state index in [1.165, 1.54) is 24.6 Å². The van der Waals surface area contributed by atoms with E-state index in [0.29, 0.717) is 24.8 Å². The molecule has 0 aromatic carbocycles. The van der Waals surface area contributed by atoms with E-state index in [-0.39, 0.29) is 17.1 Å². The number of thioether (sulfide) groups is 1. The third kappa shape index (κ3) is 6.13. The van der Waals surface area contributed by atoms with Crippen LogP contribution in [0.2, 0.25) is 0 Å². The van der Waals surface area contributed by atoms with Crippen LogP contribution in [0.4, 0.5) is 0 Å². The number of hydrogen-bond donors (Lipinski definition) is 2. The molecule has 20 heavy (non-hydrogen) atoms. The van der Waals surface area contributed by atoms with Gasteiger partial charge in [0.25, 0.3) is 0 Å². The Kier molecular flexibility index (Phi) is 7.99. The maximum atomic E-state index is 12.0. The smallest absolute Gasteiger partial charge is 0.322 e. The number of carbonyl (C=O) groups is 2. The van der Waals surface area contributed by atoms with Gasteiger partial charge in [-0.15, -0.1) is 11.8 Å². The molecule has 5 nitrogen and oxygen atoms in total. The standard InChI is InChI=1S/C14H26N2O3S/c1-3-19-14(18)12(15)8-9-20-10(2)13(17)16-11-6-4-5-7-11/h10-12H,3-9,15H2,1-2H3,(H,16,17). The molecule has 2 atom stereocenters. The van der Waals surface area contributed by atoms with E-state index in [9.17, 15) is 9.59 Å². The van der Waals surface area contributed by atoms with Crippen LogP contribution in [0.15, 0.2) is 0 Å². The van der Waals surface area contributed by atoms with Crippen molar-refractivity contribution in [3.8, 4) is 0 Å². The average molecular weight is 302 g/mol. The molecule has 0 bridgehead atoms. The Hall–Kier alpha value is -0.750. The molecule has 0 aliphatic heterocycles. The molecule has 0 saturated heterocycles. The van der Waals surface area contributed by atoms with Gasteiger partial charge in [0.15, 0.2) is 0 Å². The number of esters is 1. The second-order valence-corrected chi connectivity index (χ2v) is 6.60. The second kappa shape index (κ2) is 9.23. The molecule has 0 aromatic rings. The predicted octanol–water partition coefficient (Wildman–Crippen LogP) is 1.45. The van der Waals surface area contributed by atoms with Gasteiger partial charge in [0.2, 0.25) is 5.91 Å². The number of nitrogens with two attached hydrogens (primary N) is 1. The van der Waals surface area contributed by atoms with E-state index >= 15 is 0 Å². The van der Waals surface area contributed by atoms with E-state index in [1.54, 1.807) is 6.92 Å². The third-order valence-corrected chi connectivity index (χ3v) is 4.64. The first-order valence-electron chi connectivity index (χ1n) is 7.38. The summed E-state index contributed by atoms with van der Waals surface area (Å²) in [5, 5.41) is 2.97. The zero-order valence-electron chi connectivity index (χ0n) is 12.4. The molecule has 116 valence electrons. The van der Waals surface area contributed by atoms with Gasteiger partial charge < -0.3 is 15.8 Å². The van der Waals surface area contributed by atoms with E-state index in [4.69, 9.17) is 10.5 Å². The van der Waals surface area contributed by atoms with E-state index < -0.39 is 6.04 Å². The first kappa shape index (κ1) is 17.3. The Morgan fingerprint density at radius 2 is 2.05 bits per heavy atom. The molecular formula is C14H26N2O3S. The summed E-state index contributed by atoms with van der Waals surface area (Å²) in [6, 6.07) is -0.236. The van der Waals surface area contributed by atoms with Crippen LogP contribution in [0.25, 0.3) is 0 Å². The Labute approximate surface area is 125 Å². The summed E-state index contributed by atoms with van der Waals surface area (Å²) < 4.78 is 4.84. The molecule has 1 amide bonds. The first-order valence-corrected chi connectivity index (χ1v) is 8.43. The zero-order valence-corrected chi connectivity index (χ0v) is 13.2. The molecule has 3 N–H and O–H groups in total. The molecular weight excluding hydrogens is 276 g/mol. The highest BCUT2D eigenvalue weighted by molar-refractivity contribution is 8.00. The van der Waals surface area contributed by atoms with Crippen molar-refractivity contribution in [3.63, 3.8) is 0 Å². The quantitative estimate of drug-likeness (QED) is 0.663. The summed E-state index contributed by atoms with van der Waals surface area (Å²) in [6.45, 7) is 4.00. The molecule has 1 aliphatic carbocycles. The van der Waals surface area contributed by atoms with Crippen LogP contribution in [0.3, 0.4) is 0 Å². The monoisotopic (exact) mass is 302 g/mol. The van der Waals surface area contributed by atoms with Gasteiger partial charge in [0, 0.05) is 6.04 Å². The van der Waals surface area contributed by atoms with Crippen molar-refractivity contribution in [1.82, 2.24) is 5.32 Å². The highest BCUT2D eigenvalue weighted by atomic mass is 32.2. The van der Waals surface area contributed by atoms with Gasteiger partial charge in [-0.3, -0.25) is 9.59 Å². The summed E-state index contributed by atoms with van der Waals surface area (Å²) in [5.74, 6) is 0.405. The van der Waals surface area contributed by atoms with Crippen LogP contribution in [-0.2, 0) is 14.3 Å². The minimum absolute atomic E-state index is 0.0895. The van der Waals surface area contributed by atoms with Crippen LogP contribution in [0.1, 0.15) is 46.0 Å². The predicted molar refractivity (Wildman–Crippen MR) is 81.5 cm³/mol. The van der Waals surface area contributed by atoms with Crippen molar-refractivity contribution >= 4 is 23.6 Å². The molecule has 1 rings (SSSR count). The van der Waals surface area contributed by atoms with Gasteiger partial charge in [0.1, 0.15) is 6.04 Å². The van der Waals surface area contributed by atoms with Gasteiger partial charge in [-0.25, -0.2) is 0 Å². The SMILES string of the molecule is CCOC(=O)C(N)CCSC(C)C(=O)NC1CCCC1. The van der Waals surface area contributed by atoms with Gasteiger partial charge in [-0.2, -0.15) is 0 Å². The van der Waals surface area contributed by atoms with Gasteiger partial charge >= 0.3 is 5.97 Å². The highest BCUT2D eigenvalue weighted by Gasteiger charge is 2.21. The van der Waals surface area contributed by atoms with Crippen LogP contribution in [0.5, 0.6) is 0 Å². The molecule has 0 radical (unpaired) electrons. The number of rotatable bonds is 8. The topological polar surface area (TPSA) is 81.4 Å². The zero-order chi connectivity index (χ0) is 15.0. The van der Waals surface area contributed by atoms with E-state index in [2.05, 4.69) is 5.32 Å². The number of carbonyl (C=O) groups excluding carboxylic acids is 2. The van der Waals surface area contributed by atoms with E-state index in [1.807, 2.05) is 6.92 Å².